The molecule has 1 aliphatic rings. The molecule has 5 aromatic rings. The van der Waals surface area contributed by atoms with Crippen molar-refractivity contribution in [3.05, 3.63) is 114 Å². The number of methoxy groups -OCH3 is 2. The maximum atomic E-state index is 13.8. The van der Waals surface area contributed by atoms with Crippen LogP contribution in [0.15, 0.2) is 97.1 Å². The Kier molecular flexibility index (Phi) is 6.25. The van der Waals surface area contributed by atoms with Crippen LogP contribution in [0, 0.1) is 0 Å². The number of para-hydroxylation sites is 1. The number of carbonyl (C=O) groups excluding carboxylic acids is 2. The number of aromatic amines is 1. The molecule has 2 amide bonds. The fourth-order valence-electron chi connectivity index (χ4n) is 5.33. The zero-order valence-corrected chi connectivity index (χ0v) is 21.6. The highest BCUT2D eigenvalue weighted by molar-refractivity contribution is 6.05. The molecule has 1 aliphatic heterocycles. The summed E-state index contributed by atoms with van der Waals surface area (Å²) in [5, 5.41) is 3.91. The molecule has 0 aliphatic carbocycles. The van der Waals surface area contributed by atoms with Gasteiger partial charge in [0, 0.05) is 33.3 Å². The topological polar surface area (TPSA) is 83.7 Å². The first-order valence-corrected chi connectivity index (χ1v) is 12.7. The Morgan fingerprint density at radius 3 is 2.41 bits per heavy atom. The summed E-state index contributed by atoms with van der Waals surface area (Å²) in [7, 11) is 3.23. The Morgan fingerprint density at radius 2 is 1.62 bits per heavy atom. The van der Waals surface area contributed by atoms with E-state index in [0.29, 0.717) is 17.0 Å². The van der Waals surface area contributed by atoms with E-state index in [1.807, 2.05) is 72.8 Å². The molecule has 2 heterocycles. The number of hydrogen-bond acceptors (Lipinski definition) is 4. The van der Waals surface area contributed by atoms with E-state index in [9.17, 15) is 9.59 Å². The Labute approximate surface area is 226 Å². The van der Waals surface area contributed by atoms with Crippen LogP contribution in [0.3, 0.4) is 0 Å². The van der Waals surface area contributed by atoms with Gasteiger partial charge in [0.25, 0.3) is 5.91 Å². The predicted octanol–water partition coefficient (Wildman–Crippen LogP) is 6.04. The number of carbonyl (C=O) groups is 2. The van der Waals surface area contributed by atoms with Crippen molar-refractivity contribution in [2.24, 2.45) is 0 Å². The van der Waals surface area contributed by atoms with E-state index in [4.69, 9.17) is 9.47 Å². The summed E-state index contributed by atoms with van der Waals surface area (Å²) in [5.74, 6) is 0.967. The number of H-pyrrole nitrogens is 1. The van der Waals surface area contributed by atoms with E-state index in [1.54, 1.807) is 43.4 Å². The fraction of sp³-hybridized carbons (Fsp3) is 0.125. The van der Waals surface area contributed by atoms with Gasteiger partial charge in [-0.1, -0.05) is 48.5 Å². The van der Waals surface area contributed by atoms with Gasteiger partial charge >= 0.3 is 0 Å². The number of ether oxygens (including phenoxy) is 2. The van der Waals surface area contributed by atoms with E-state index in [0.717, 1.165) is 39.0 Å². The minimum Gasteiger partial charge on any atom is -0.497 e. The molecule has 1 aromatic heterocycles. The minimum atomic E-state index is -0.465. The van der Waals surface area contributed by atoms with E-state index >= 15 is 0 Å². The summed E-state index contributed by atoms with van der Waals surface area (Å²) >= 11 is 0. The van der Waals surface area contributed by atoms with Crippen LogP contribution in [-0.2, 0) is 4.79 Å². The predicted molar refractivity (Wildman–Crippen MR) is 151 cm³/mol. The van der Waals surface area contributed by atoms with Crippen molar-refractivity contribution in [2.45, 2.75) is 6.04 Å². The van der Waals surface area contributed by atoms with Gasteiger partial charge in [-0.15, -0.1) is 0 Å². The van der Waals surface area contributed by atoms with Crippen molar-refractivity contribution in [3.63, 3.8) is 0 Å². The van der Waals surface area contributed by atoms with E-state index < -0.39 is 6.04 Å². The number of fused-ring (bicyclic) bond motifs is 2. The molecule has 1 atom stereocenters. The number of rotatable bonds is 7. The molecule has 0 spiro atoms. The second-order valence-electron chi connectivity index (χ2n) is 9.39. The number of nitrogens with zero attached hydrogens (tertiary/aromatic N) is 1. The van der Waals surface area contributed by atoms with Gasteiger partial charge in [-0.3, -0.25) is 9.59 Å². The number of benzene rings is 4. The second kappa shape index (κ2) is 10.0. The fourth-order valence-corrected chi connectivity index (χ4v) is 5.33. The van der Waals surface area contributed by atoms with Crippen LogP contribution in [0.2, 0.25) is 0 Å². The summed E-state index contributed by atoms with van der Waals surface area (Å²) in [6.45, 7) is -0.110. The van der Waals surface area contributed by atoms with Gasteiger partial charge in [0.1, 0.15) is 18.0 Å². The Balaban J connectivity index is 1.45. The standard InChI is InChI=1S/C32H27N3O4/c1-38-22-16-14-21(15-17-22)33-28(36)19-35-31(24-10-3-4-11-25(24)32(35)37)29-26-12-5-6-13-27(26)34-30(29)20-8-7-9-23(18-20)39-2/h3-18,31,34H,19H2,1-2H3,(H,33,36)/t31-/m0/s1. The molecule has 0 radical (unpaired) electrons. The Hall–Kier alpha value is -5.04. The van der Waals surface area contributed by atoms with Gasteiger partial charge in [-0.2, -0.15) is 0 Å². The maximum Gasteiger partial charge on any atom is 0.255 e. The van der Waals surface area contributed by atoms with E-state index in [1.165, 1.54) is 0 Å². The van der Waals surface area contributed by atoms with Crippen molar-refractivity contribution in [3.8, 4) is 22.8 Å². The molecule has 39 heavy (non-hydrogen) atoms. The number of hydrogen-bond donors (Lipinski definition) is 2. The normalized spacial score (nSPS) is 14.4. The lowest BCUT2D eigenvalue weighted by atomic mass is 9.93. The summed E-state index contributed by atoms with van der Waals surface area (Å²) in [5.41, 5.74) is 5.80. The number of aromatic nitrogens is 1. The van der Waals surface area contributed by atoms with Crippen molar-refractivity contribution in [1.82, 2.24) is 9.88 Å². The highest BCUT2D eigenvalue weighted by Crippen LogP contribution is 2.45. The van der Waals surface area contributed by atoms with Crippen molar-refractivity contribution in [1.29, 1.82) is 0 Å². The molecule has 0 saturated heterocycles. The summed E-state index contributed by atoms with van der Waals surface area (Å²) in [6, 6.07) is 30.1. The smallest absolute Gasteiger partial charge is 0.255 e. The van der Waals surface area contributed by atoms with E-state index in [-0.39, 0.29) is 18.4 Å². The molecule has 0 bridgehead atoms. The molecular formula is C32H27N3O4. The molecule has 0 fully saturated rings. The highest BCUT2D eigenvalue weighted by atomic mass is 16.5. The van der Waals surface area contributed by atoms with Crippen LogP contribution in [0.1, 0.15) is 27.5 Å². The highest BCUT2D eigenvalue weighted by Gasteiger charge is 2.41. The Bertz CT molecular complexity index is 1690. The molecule has 0 unspecified atom stereocenters. The molecule has 0 saturated carbocycles. The average molecular weight is 518 g/mol. The van der Waals surface area contributed by atoms with Crippen LogP contribution >= 0.6 is 0 Å². The molecule has 4 aromatic carbocycles. The maximum absolute atomic E-state index is 13.8. The molecule has 194 valence electrons. The summed E-state index contributed by atoms with van der Waals surface area (Å²) in [4.78, 5) is 32.3. The van der Waals surface area contributed by atoms with Crippen molar-refractivity contribution >= 4 is 28.4 Å². The summed E-state index contributed by atoms with van der Waals surface area (Å²) in [6.07, 6.45) is 0. The average Bonchev–Trinajstić information content (AvgIpc) is 3.48. The third-order valence-corrected chi connectivity index (χ3v) is 7.12. The van der Waals surface area contributed by atoms with E-state index in [2.05, 4.69) is 10.3 Å². The van der Waals surface area contributed by atoms with Crippen LogP contribution < -0.4 is 14.8 Å². The minimum absolute atomic E-state index is 0.110. The molecule has 7 nitrogen and oxygen atoms in total. The Morgan fingerprint density at radius 1 is 0.872 bits per heavy atom. The lowest BCUT2D eigenvalue weighted by Gasteiger charge is -2.26. The molecule has 2 N–H and O–H groups in total. The first-order chi connectivity index (χ1) is 19.1. The molecular weight excluding hydrogens is 490 g/mol. The van der Waals surface area contributed by atoms with Crippen LogP contribution in [0.25, 0.3) is 22.2 Å². The van der Waals surface area contributed by atoms with Gasteiger partial charge in [0.05, 0.1) is 26.0 Å². The summed E-state index contributed by atoms with van der Waals surface area (Å²) < 4.78 is 10.7. The van der Waals surface area contributed by atoms with Gasteiger partial charge < -0.3 is 24.7 Å². The monoisotopic (exact) mass is 517 g/mol. The van der Waals surface area contributed by atoms with Crippen LogP contribution in [0.4, 0.5) is 5.69 Å². The quantitative estimate of drug-likeness (QED) is 0.276. The zero-order valence-electron chi connectivity index (χ0n) is 21.6. The third kappa shape index (κ3) is 4.38. The molecule has 6 rings (SSSR count). The number of amides is 2. The number of anilines is 1. The van der Waals surface area contributed by atoms with Gasteiger partial charge in [0.2, 0.25) is 5.91 Å². The van der Waals surface area contributed by atoms with Crippen molar-refractivity contribution < 1.29 is 19.1 Å². The van der Waals surface area contributed by atoms with Gasteiger partial charge in [0.15, 0.2) is 0 Å². The SMILES string of the molecule is COc1ccc(NC(=O)CN2C(=O)c3ccccc3[C@H]2c2c(-c3cccc(OC)c3)[nH]c3ccccc23)cc1. The third-order valence-electron chi connectivity index (χ3n) is 7.12. The lowest BCUT2D eigenvalue weighted by molar-refractivity contribution is -0.117. The number of nitrogens with one attached hydrogen (secondary N) is 2. The first-order valence-electron chi connectivity index (χ1n) is 12.7. The molecule has 7 heteroatoms. The van der Waals surface area contributed by atoms with Crippen LogP contribution in [-0.4, -0.2) is 42.5 Å². The lowest BCUT2D eigenvalue weighted by Crippen LogP contribution is -2.36. The zero-order chi connectivity index (χ0) is 26.9. The van der Waals surface area contributed by atoms with Gasteiger partial charge in [-0.25, -0.2) is 0 Å². The first kappa shape index (κ1) is 24.3. The largest absolute Gasteiger partial charge is 0.497 e. The second-order valence-corrected chi connectivity index (χ2v) is 9.39. The van der Waals surface area contributed by atoms with Gasteiger partial charge in [-0.05, 0) is 54.1 Å². The van der Waals surface area contributed by atoms with Crippen LogP contribution in [0.5, 0.6) is 11.5 Å². The van der Waals surface area contributed by atoms with Crippen molar-refractivity contribution in [2.75, 3.05) is 26.1 Å².